The minimum Gasteiger partial charge on any atom is -0.450 e. The van der Waals surface area contributed by atoms with Gasteiger partial charge >= 0.3 is 5.97 Å². The van der Waals surface area contributed by atoms with E-state index in [1.807, 2.05) is 6.08 Å². The summed E-state index contributed by atoms with van der Waals surface area (Å²) in [5.74, 6) is -0.0900. The van der Waals surface area contributed by atoms with E-state index in [2.05, 4.69) is 10.2 Å². The van der Waals surface area contributed by atoms with Gasteiger partial charge < -0.3 is 10.1 Å². The fraction of sp³-hybridized carbons (Fsp3) is 0.857. The van der Waals surface area contributed by atoms with Gasteiger partial charge in [-0.15, -0.1) is 0 Å². The fourth-order valence-electron chi connectivity index (χ4n) is 6.48. The number of carbonyl (C=O) groups is 1. The van der Waals surface area contributed by atoms with Crippen molar-refractivity contribution >= 4 is 5.97 Å². The zero-order chi connectivity index (χ0) is 16.9. The van der Waals surface area contributed by atoms with E-state index in [9.17, 15) is 4.79 Å². The Hall–Kier alpha value is -0.870. The van der Waals surface area contributed by atoms with E-state index in [-0.39, 0.29) is 11.6 Å². The summed E-state index contributed by atoms with van der Waals surface area (Å²) in [7, 11) is 0. The highest BCUT2D eigenvalue weighted by Crippen LogP contribution is 2.54. The van der Waals surface area contributed by atoms with Crippen molar-refractivity contribution in [2.45, 2.75) is 107 Å². The van der Waals surface area contributed by atoms with Gasteiger partial charge in [0.25, 0.3) is 0 Å². The number of hydrogen-bond donors (Lipinski definition) is 1. The summed E-state index contributed by atoms with van der Waals surface area (Å²) in [5, 5.41) is 4.06. The molecule has 25 heavy (non-hydrogen) atoms. The molecule has 2 bridgehead atoms. The molecule has 0 aromatic heterocycles. The van der Waals surface area contributed by atoms with Crippen LogP contribution in [0.15, 0.2) is 11.6 Å². The molecule has 2 unspecified atom stereocenters. The highest BCUT2D eigenvalue weighted by Gasteiger charge is 2.63. The molecule has 1 spiro atoms. The summed E-state index contributed by atoms with van der Waals surface area (Å²) in [6.45, 7) is 1.19. The molecule has 4 heteroatoms. The molecule has 2 aliphatic carbocycles. The maximum absolute atomic E-state index is 12.1. The van der Waals surface area contributed by atoms with Crippen LogP contribution in [-0.2, 0) is 9.53 Å². The van der Waals surface area contributed by atoms with Crippen LogP contribution in [0.5, 0.6) is 0 Å². The first-order valence-electron chi connectivity index (χ1n) is 10.7. The third-order valence-electron chi connectivity index (χ3n) is 7.60. The van der Waals surface area contributed by atoms with Crippen molar-refractivity contribution in [1.29, 1.82) is 0 Å². The van der Waals surface area contributed by atoms with Gasteiger partial charge in [0, 0.05) is 30.6 Å². The number of fused-ring (bicyclic) bond motifs is 3. The smallest absolute Gasteiger partial charge is 0.331 e. The summed E-state index contributed by atoms with van der Waals surface area (Å²) in [4.78, 5) is 14.8. The minimum atomic E-state index is -0.263. The highest BCUT2D eigenvalue weighted by molar-refractivity contribution is 5.87. The minimum absolute atomic E-state index is 0.0900. The molecule has 3 aliphatic heterocycles. The van der Waals surface area contributed by atoms with Crippen molar-refractivity contribution in [3.63, 3.8) is 0 Å². The largest absolute Gasteiger partial charge is 0.450 e. The molecule has 4 fully saturated rings. The van der Waals surface area contributed by atoms with Gasteiger partial charge in [0.15, 0.2) is 5.60 Å². The average Bonchev–Trinajstić information content (AvgIpc) is 3.06. The van der Waals surface area contributed by atoms with Gasteiger partial charge in [0.05, 0.1) is 6.04 Å². The van der Waals surface area contributed by atoms with Gasteiger partial charge in [-0.1, -0.05) is 38.5 Å². The van der Waals surface area contributed by atoms with Crippen molar-refractivity contribution < 1.29 is 9.53 Å². The Morgan fingerprint density at radius 3 is 2.64 bits per heavy atom. The van der Waals surface area contributed by atoms with Crippen LogP contribution in [0, 0.1) is 0 Å². The van der Waals surface area contributed by atoms with Crippen molar-refractivity contribution in [3.05, 3.63) is 11.6 Å². The zero-order valence-corrected chi connectivity index (χ0v) is 15.3. The number of esters is 1. The monoisotopic (exact) mass is 344 g/mol. The van der Waals surface area contributed by atoms with Crippen LogP contribution >= 0.6 is 0 Å². The first-order chi connectivity index (χ1) is 12.3. The summed E-state index contributed by atoms with van der Waals surface area (Å²) in [6.07, 6.45) is 17.3. The Labute approximate surface area is 151 Å². The lowest BCUT2D eigenvalue weighted by molar-refractivity contribution is -0.148. The van der Waals surface area contributed by atoms with E-state index >= 15 is 0 Å². The Bertz CT molecular complexity index is 566. The molecule has 4 nitrogen and oxygen atoms in total. The lowest BCUT2D eigenvalue weighted by Crippen LogP contribution is -2.52. The van der Waals surface area contributed by atoms with Crippen molar-refractivity contribution in [3.8, 4) is 0 Å². The molecular weight excluding hydrogens is 312 g/mol. The van der Waals surface area contributed by atoms with Gasteiger partial charge in [-0.3, -0.25) is 4.90 Å². The second kappa shape index (κ2) is 6.38. The molecule has 2 saturated carbocycles. The van der Waals surface area contributed by atoms with Crippen molar-refractivity contribution in [2.75, 3.05) is 6.54 Å². The van der Waals surface area contributed by atoms with Crippen LogP contribution in [-0.4, -0.2) is 47.2 Å². The van der Waals surface area contributed by atoms with Gasteiger partial charge in [0.1, 0.15) is 0 Å². The van der Waals surface area contributed by atoms with E-state index in [4.69, 9.17) is 4.74 Å². The van der Waals surface area contributed by atoms with Crippen LogP contribution in [0.2, 0.25) is 0 Å². The molecule has 3 heterocycles. The third kappa shape index (κ3) is 2.68. The Morgan fingerprint density at radius 2 is 1.80 bits per heavy atom. The number of carbonyl (C=O) groups excluding carboxylic acids is 1. The van der Waals surface area contributed by atoms with Gasteiger partial charge in [-0.2, -0.15) is 0 Å². The maximum atomic E-state index is 12.1. The lowest BCUT2D eigenvalue weighted by atomic mass is 9.75. The summed E-state index contributed by atoms with van der Waals surface area (Å²) in [5.41, 5.74) is 1.04. The van der Waals surface area contributed by atoms with Crippen molar-refractivity contribution in [1.82, 2.24) is 10.2 Å². The number of piperidine rings is 1. The molecule has 0 aromatic rings. The number of rotatable bonds is 2. The van der Waals surface area contributed by atoms with Gasteiger partial charge in [0.2, 0.25) is 0 Å². The predicted molar refractivity (Wildman–Crippen MR) is 97.3 cm³/mol. The maximum Gasteiger partial charge on any atom is 0.331 e. The molecule has 2 saturated heterocycles. The lowest BCUT2D eigenvalue weighted by Gasteiger charge is -2.38. The van der Waals surface area contributed by atoms with Crippen LogP contribution < -0.4 is 5.32 Å². The van der Waals surface area contributed by atoms with E-state index in [1.165, 1.54) is 76.3 Å². The topological polar surface area (TPSA) is 41.6 Å². The van der Waals surface area contributed by atoms with Crippen LogP contribution in [0.3, 0.4) is 0 Å². The highest BCUT2D eigenvalue weighted by atomic mass is 16.6. The molecule has 4 atom stereocenters. The zero-order valence-electron chi connectivity index (χ0n) is 15.3. The fourth-order valence-corrected chi connectivity index (χ4v) is 6.48. The van der Waals surface area contributed by atoms with E-state index < -0.39 is 0 Å². The SMILES string of the molecule is O=C1C=C2CC(NC3CCCCCCC3)C3C[C@@]2(O1)[C@H]1CCCCN31. The molecular formula is C21H32N2O2. The second-order valence-corrected chi connectivity index (χ2v) is 9.02. The number of nitrogens with zero attached hydrogens (tertiary/aromatic N) is 1. The van der Waals surface area contributed by atoms with E-state index in [0.29, 0.717) is 24.2 Å². The van der Waals surface area contributed by atoms with Gasteiger partial charge in [-0.05, 0) is 44.2 Å². The average molecular weight is 344 g/mol. The van der Waals surface area contributed by atoms with Gasteiger partial charge in [-0.25, -0.2) is 4.79 Å². The van der Waals surface area contributed by atoms with Crippen molar-refractivity contribution in [2.24, 2.45) is 0 Å². The molecule has 138 valence electrons. The summed E-state index contributed by atoms with van der Waals surface area (Å²) in [6, 6.07) is 2.16. The Morgan fingerprint density at radius 1 is 1.04 bits per heavy atom. The van der Waals surface area contributed by atoms with E-state index in [0.717, 1.165) is 12.8 Å². The second-order valence-electron chi connectivity index (χ2n) is 9.02. The van der Waals surface area contributed by atoms with Crippen LogP contribution in [0.1, 0.15) is 77.0 Å². The normalized spacial score (nSPS) is 42.2. The number of hydrogen-bond acceptors (Lipinski definition) is 4. The molecule has 1 N–H and O–H groups in total. The Kier molecular flexibility index (Phi) is 4.16. The first-order valence-corrected chi connectivity index (χ1v) is 10.7. The first kappa shape index (κ1) is 16.3. The quantitative estimate of drug-likeness (QED) is 0.781. The molecule has 0 aromatic carbocycles. The van der Waals surface area contributed by atoms with Crippen LogP contribution in [0.25, 0.3) is 0 Å². The number of nitrogens with one attached hydrogen (secondary N) is 1. The summed E-state index contributed by atoms with van der Waals surface area (Å²) < 4.78 is 5.99. The Balaban J connectivity index is 1.38. The molecule has 0 amide bonds. The number of ether oxygens (including phenoxy) is 1. The van der Waals surface area contributed by atoms with Crippen LogP contribution in [0.4, 0.5) is 0 Å². The predicted octanol–water partition coefficient (Wildman–Crippen LogP) is 3.31. The molecule has 0 radical (unpaired) electrons. The summed E-state index contributed by atoms with van der Waals surface area (Å²) >= 11 is 0. The molecule has 5 rings (SSSR count). The molecule has 5 aliphatic rings. The van der Waals surface area contributed by atoms with E-state index in [1.54, 1.807) is 0 Å². The third-order valence-corrected chi connectivity index (χ3v) is 7.60. The standard InChI is InChI=1S/C21H32N2O2/c24-20-13-15-12-17(22-16-8-4-2-1-3-5-9-16)18-14-21(15,25-20)19-10-6-7-11-23(18)19/h13,16-19,22H,1-12,14H2/t17?,18?,19-,21+/m1/s1.